The lowest BCUT2D eigenvalue weighted by atomic mass is 10.0. The van der Waals surface area contributed by atoms with Gasteiger partial charge in [-0.25, -0.2) is 8.42 Å². The summed E-state index contributed by atoms with van der Waals surface area (Å²) in [5.41, 5.74) is 2.55. The quantitative estimate of drug-likeness (QED) is 0.672. The van der Waals surface area contributed by atoms with Crippen molar-refractivity contribution in [2.45, 2.75) is 46.3 Å². The Balaban J connectivity index is 2.15. The minimum Gasteiger partial charge on any atom is -0.491 e. The highest BCUT2D eigenvalue weighted by atomic mass is 32.2. The summed E-state index contributed by atoms with van der Waals surface area (Å²) in [6, 6.07) is 14.5. The molecule has 0 heterocycles. The predicted molar refractivity (Wildman–Crippen MR) is 117 cm³/mol. The van der Waals surface area contributed by atoms with Gasteiger partial charge < -0.3 is 10.1 Å². The number of sulfonamides is 1. The first kappa shape index (κ1) is 22.7. The normalized spacial score (nSPS) is 12.5. The molecule has 0 saturated carbocycles. The second-order valence-electron chi connectivity index (χ2n) is 7.37. The highest BCUT2D eigenvalue weighted by Gasteiger charge is 2.22. The van der Waals surface area contributed by atoms with Crippen LogP contribution >= 0.6 is 0 Å². The second kappa shape index (κ2) is 9.78. The van der Waals surface area contributed by atoms with Gasteiger partial charge in [0.2, 0.25) is 15.9 Å². The number of hydrogen-bond donors (Lipinski definition) is 1. The Labute approximate surface area is 173 Å². The van der Waals surface area contributed by atoms with Crippen molar-refractivity contribution in [2.75, 3.05) is 17.1 Å². The van der Waals surface area contributed by atoms with Gasteiger partial charge in [0, 0.05) is 0 Å². The molecule has 0 aliphatic rings. The Morgan fingerprint density at radius 1 is 1.07 bits per heavy atom. The zero-order chi connectivity index (χ0) is 21.6. The Hall–Kier alpha value is -2.54. The topological polar surface area (TPSA) is 75.7 Å². The molecular weight excluding hydrogens is 388 g/mol. The van der Waals surface area contributed by atoms with E-state index < -0.39 is 10.0 Å². The van der Waals surface area contributed by atoms with E-state index in [0.717, 1.165) is 21.7 Å². The van der Waals surface area contributed by atoms with E-state index >= 15 is 0 Å². The summed E-state index contributed by atoms with van der Waals surface area (Å²) in [7, 11) is -3.63. The third-order valence-corrected chi connectivity index (χ3v) is 5.55. The average Bonchev–Trinajstić information content (AvgIpc) is 2.64. The van der Waals surface area contributed by atoms with Gasteiger partial charge >= 0.3 is 0 Å². The van der Waals surface area contributed by atoms with Gasteiger partial charge in [0.1, 0.15) is 12.3 Å². The lowest BCUT2D eigenvalue weighted by Crippen LogP contribution is -2.41. The van der Waals surface area contributed by atoms with Gasteiger partial charge in [-0.3, -0.25) is 9.10 Å². The maximum absolute atomic E-state index is 12.7. The van der Waals surface area contributed by atoms with Crippen LogP contribution in [0.1, 0.15) is 44.4 Å². The summed E-state index contributed by atoms with van der Waals surface area (Å²) in [6.45, 7) is 7.53. The van der Waals surface area contributed by atoms with Crippen LogP contribution in [-0.4, -0.2) is 33.2 Å². The van der Waals surface area contributed by atoms with Crippen molar-refractivity contribution < 1.29 is 17.9 Å². The van der Waals surface area contributed by atoms with E-state index in [2.05, 4.69) is 5.32 Å². The minimum absolute atomic E-state index is 0.0189. The lowest BCUT2D eigenvalue weighted by Gasteiger charge is -2.24. The van der Waals surface area contributed by atoms with Crippen LogP contribution in [0.25, 0.3) is 0 Å². The van der Waals surface area contributed by atoms with Crippen LogP contribution in [0.4, 0.5) is 5.69 Å². The number of carbonyl (C=O) groups is 1. The van der Waals surface area contributed by atoms with Crippen LogP contribution in [-0.2, 0) is 14.8 Å². The zero-order valence-electron chi connectivity index (χ0n) is 17.7. The minimum atomic E-state index is -3.63. The Morgan fingerprint density at radius 3 is 2.14 bits per heavy atom. The molecule has 2 rings (SSSR count). The molecule has 0 unspecified atom stereocenters. The Morgan fingerprint density at radius 2 is 1.66 bits per heavy atom. The monoisotopic (exact) mass is 418 g/mol. The first-order chi connectivity index (χ1) is 13.6. The number of anilines is 1. The molecule has 0 radical (unpaired) electrons. The molecule has 0 saturated heterocycles. The number of rotatable bonds is 9. The molecule has 2 aromatic rings. The molecule has 0 fully saturated rings. The molecule has 1 N–H and O–H groups in total. The predicted octanol–water partition coefficient (Wildman–Crippen LogP) is 3.82. The molecule has 0 aliphatic carbocycles. The van der Waals surface area contributed by atoms with E-state index in [-0.39, 0.29) is 24.6 Å². The van der Waals surface area contributed by atoms with Crippen LogP contribution in [0.2, 0.25) is 0 Å². The number of amides is 1. The van der Waals surface area contributed by atoms with E-state index in [0.29, 0.717) is 17.9 Å². The molecule has 0 bridgehead atoms. The summed E-state index contributed by atoms with van der Waals surface area (Å²) in [6.07, 6.45) is 1.82. The molecule has 1 atom stereocenters. The van der Waals surface area contributed by atoms with Gasteiger partial charge in [-0.15, -0.1) is 0 Å². The maximum atomic E-state index is 12.7. The first-order valence-corrected chi connectivity index (χ1v) is 11.5. The first-order valence-electron chi connectivity index (χ1n) is 9.70. The lowest BCUT2D eigenvalue weighted by molar-refractivity contribution is -0.120. The summed E-state index contributed by atoms with van der Waals surface area (Å²) >= 11 is 0. The van der Waals surface area contributed by atoms with Crippen molar-refractivity contribution in [2.24, 2.45) is 0 Å². The van der Waals surface area contributed by atoms with Crippen molar-refractivity contribution in [3.8, 4) is 5.75 Å². The molecule has 0 aliphatic heterocycles. The number of nitrogens with one attached hydrogen (secondary N) is 1. The van der Waals surface area contributed by atoms with Crippen LogP contribution in [0, 0.1) is 6.92 Å². The zero-order valence-corrected chi connectivity index (χ0v) is 18.5. The fraction of sp³-hybridized carbons (Fsp3) is 0.409. The SMILES string of the molecule is CC[C@H](NC(=O)CN(c1ccc(OC(C)C)cc1)S(C)(=O)=O)c1ccc(C)cc1. The smallest absolute Gasteiger partial charge is 0.241 e. The Bertz CT molecular complexity index is 907. The van der Waals surface area contributed by atoms with E-state index in [1.54, 1.807) is 24.3 Å². The molecular formula is C22H30N2O4S. The highest BCUT2D eigenvalue weighted by Crippen LogP contribution is 2.23. The van der Waals surface area contributed by atoms with Crippen molar-refractivity contribution in [3.63, 3.8) is 0 Å². The van der Waals surface area contributed by atoms with Gasteiger partial charge in [0.25, 0.3) is 0 Å². The van der Waals surface area contributed by atoms with Crippen LogP contribution in [0.15, 0.2) is 48.5 Å². The fourth-order valence-corrected chi connectivity index (χ4v) is 3.81. The Kier molecular flexibility index (Phi) is 7.67. The molecule has 0 aromatic heterocycles. The van der Waals surface area contributed by atoms with Crippen molar-refractivity contribution in [1.82, 2.24) is 5.32 Å². The van der Waals surface area contributed by atoms with Crippen LogP contribution in [0.3, 0.4) is 0 Å². The molecule has 29 heavy (non-hydrogen) atoms. The van der Waals surface area contributed by atoms with Gasteiger partial charge in [-0.05, 0) is 57.0 Å². The van der Waals surface area contributed by atoms with Gasteiger partial charge in [0.05, 0.1) is 24.1 Å². The van der Waals surface area contributed by atoms with E-state index in [1.807, 2.05) is 52.0 Å². The molecule has 6 nitrogen and oxygen atoms in total. The molecule has 2 aromatic carbocycles. The third-order valence-electron chi connectivity index (χ3n) is 4.41. The van der Waals surface area contributed by atoms with E-state index in [9.17, 15) is 13.2 Å². The van der Waals surface area contributed by atoms with Crippen molar-refractivity contribution in [1.29, 1.82) is 0 Å². The molecule has 1 amide bonds. The number of ether oxygens (including phenoxy) is 1. The highest BCUT2D eigenvalue weighted by molar-refractivity contribution is 7.92. The number of hydrogen-bond acceptors (Lipinski definition) is 4. The van der Waals surface area contributed by atoms with Crippen molar-refractivity contribution in [3.05, 3.63) is 59.7 Å². The summed E-state index contributed by atoms with van der Waals surface area (Å²) in [4.78, 5) is 12.7. The van der Waals surface area contributed by atoms with Crippen LogP contribution < -0.4 is 14.4 Å². The average molecular weight is 419 g/mol. The third kappa shape index (κ3) is 6.78. The standard InChI is InChI=1S/C22H30N2O4S/c1-6-21(18-9-7-17(4)8-10-18)23-22(25)15-24(29(5,26)27)19-11-13-20(14-12-19)28-16(2)3/h7-14,16,21H,6,15H2,1-5H3,(H,23,25)/t21-/m0/s1. The molecule has 0 spiro atoms. The van der Waals surface area contributed by atoms with Crippen molar-refractivity contribution >= 4 is 21.6 Å². The van der Waals surface area contributed by atoms with E-state index in [4.69, 9.17) is 4.74 Å². The van der Waals surface area contributed by atoms with Gasteiger partial charge in [-0.1, -0.05) is 36.8 Å². The maximum Gasteiger partial charge on any atom is 0.241 e. The van der Waals surface area contributed by atoms with Crippen LogP contribution in [0.5, 0.6) is 5.75 Å². The summed E-state index contributed by atoms with van der Waals surface area (Å²) in [5.74, 6) is 0.289. The molecule has 158 valence electrons. The fourth-order valence-electron chi connectivity index (χ4n) is 2.95. The number of aryl methyl sites for hydroxylation is 1. The largest absolute Gasteiger partial charge is 0.491 e. The summed E-state index contributed by atoms with van der Waals surface area (Å²) in [5, 5.41) is 2.94. The number of benzene rings is 2. The van der Waals surface area contributed by atoms with Gasteiger partial charge in [-0.2, -0.15) is 0 Å². The number of nitrogens with zero attached hydrogens (tertiary/aromatic N) is 1. The van der Waals surface area contributed by atoms with E-state index in [1.165, 1.54) is 0 Å². The second-order valence-corrected chi connectivity index (χ2v) is 9.28. The van der Waals surface area contributed by atoms with Gasteiger partial charge in [0.15, 0.2) is 0 Å². The summed E-state index contributed by atoms with van der Waals surface area (Å²) < 4.78 is 31.3. The molecule has 7 heteroatoms. The number of carbonyl (C=O) groups excluding carboxylic acids is 1.